The molecule has 0 fully saturated rings. The minimum Gasteiger partial charge on any atom is -0.469 e. The number of esters is 1. The van der Waals surface area contributed by atoms with E-state index in [2.05, 4.69) is 20.3 Å². The number of nitrogens with zero attached hydrogens (tertiary/aromatic N) is 4. The molecule has 0 radical (unpaired) electrons. The zero-order valence-electron chi connectivity index (χ0n) is 8.30. The number of hydrogen-bond acceptors (Lipinski definition) is 6. The molecule has 1 aromatic rings. The van der Waals surface area contributed by atoms with Crippen molar-refractivity contribution in [3.63, 3.8) is 0 Å². The summed E-state index contributed by atoms with van der Waals surface area (Å²) in [6.45, 7) is 1.81. The Morgan fingerprint density at radius 2 is 2.43 bits per heavy atom. The SMILES string of the molecule is COC(=O)C(C)CSc1nnnn1C. The van der Waals surface area contributed by atoms with Crippen LogP contribution in [0.15, 0.2) is 5.16 Å². The van der Waals surface area contributed by atoms with E-state index in [1.165, 1.54) is 18.9 Å². The summed E-state index contributed by atoms with van der Waals surface area (Å²) in [6, 6.07) is 0. The summed E-state index contributed by atoms with van der Waals surface area (Å²) in [5.41, 5.74) is 0. The van der Waals surface area contributed by atoms with Crippen LogP contribution < -0.4 is 0 Å². The Hall–Kier alpha value is -1.11. The van der Waals surface area contributed by atoms with Crippen LogP contribution in [0.25, 0.3) is 0 Å². The second-order valence-corrected chi connectivity index (χ2v) is 3.81. The van der Waals surface area contributed by atoms with Gasteiger partial charge in [-0.05, 0) is 10.4 Å². The third-order valence-electron chi connectivity index (χ3n) is 1.65. The molecule has 0 aliphatic carbocycles. The molecule has 0 aromatic carbocycles. The van der Waals surface area contributed by atoms with E-state index in [1.807, 2.05) is 6.92 Å². The van der Waals surface area contributed by atoms with Gasteiger partial charge >= 0.3 is 5.97 Å². The predicted molar refractivity (Wildman–Crippen MR) is 50.7 cm³/mol. The minimum atomic E-state index is -0.215. The Morgan fingerprint density at radius 1 is 1.71 bits per heavy atom. The molecule has 1 aromatic heterocycles. The van der Waals surface area contributed by atoms with Crippen LogP contribution in [0.2, 0.25) is 0 Å². The molecule has 0 spiro atoms. The van der Waals surface area contributed by atoms with Crippen molar-refractivity contribution >= 4 is 17.7 Å². The quantitative estimate of drug-likeness (QED) is 0.525. The van der Waals surface area contributed by atoms with E-state index in [9.17, 15) is 4.79 Å². The van der Waals surface area contributed by atoms with Crippen molar-refractivity contribution in [1.29, 1.82) is 0 Å². The molecular formula is C7H12N4O2S. The lowest BCUT2D eigenvalue weighted by Crippen LogP contribution is -2.15. The standard InChI is InChI=1S/C7H12N4O2S/c1-5(6(12)13-3)4-14-7-8-9-10-11(7)2/h5H,4H2,1-3H3. The maximum Gasteiger partial charge on any atom is 0.309 e. The third kappa shape index (κ3) is 2.69. The summed E-state index contributed by atoms with van der Waals surface area (Å²) >= 11 is 1.43. The molecule has 0 aliphatic heterocycles. The number of carbonyl (C=O) groups excluding carboxylic acids is 1. The largest absolute Gasteiger partial charge is 0.469 e. The Morgan fingerprint density at radius 3 is 2.93 bits per heavy atom. The fraction of sp³-hybridized carbons (Fsp3) is 0.714. The lowest BCUT2D eigenvalue weighted by Gasteiger charge is -2.06. The summed E-state index contributed by atoms with van der Waals surface area (Å²) in [6.07, 6.45) is 0. The van der Waals surface area contributed by atoms with Crippen molar-refractivity contribution in [2.45, 2.75) is 12.1 Å². The fourth-order valence-corrected chi connectivity index (χ4v) is 1.67. The Bertz CT molecular complexity index is 314. The highest BCUT2D eigenvalue weighted by molar-refractivity contribution is 7.99. The third-order valence-corrected chi connectivity index (χ3v) is 2.92. The van der Waals surface area contributed by atoms with Gasteiger partial charge in [-0.25, -0.2) is 4.68 Å². The van der Waals surface area contributed by atoms with Crippen LogP contribution in [0.5, 0.6) is 0 Å². The first kappa shape index (κ1) is 11.0. The number of aromatic nitrogens is 4. The van der Waals surface area contributed by atoms with E-state index in [1.54, 1.807) is 11.7 Å². The van der Waals surface area contributed by atoms with Gasteiger partial charge < -0.3 is 4.74 Å². The minimum absolute atomic E-state index is 0.151. The van der Waals surface area contributed by atoms with Crippen molar-refractivity contribution in [2.75, 3.05) is 12.9 Å². The van der Waals surface area contributed by atoms with Gasteiger partial charge in [0.1, 0.15) is 0 Å². The van der Waals surface area contributed by atoms with Crippen molar-refractivity contribution in [1.82, 2.24) is 20.2 Å². The highest BCUT2D eigenvalue weighted by Gasteiger charge is 2.14. The van der Waals surface area contributed by atoms with Gasteiger partial charge in [0.15, 0.2) is 0 Å². The monoisotopic (exact) mass is 216 g/mol. The van der Waals surface area contributed by atoms with Gasteiger partial charge in [0.05, 0.1) is 13.0 Å². The number of ether oxygens (including phenoxy) is 1. The molecule has 78 valence electrons. The normalized spacial score (nSPS) is 12.5. The zero-order valence-corrected chi connectivity index (χ0v) is 9.11. The Labute approximate surface area is 86.0 Å². The van der Waals surface area contributed by atoms with Crippen LogP contribution in [0, 0.1) is 5.92 Å². The van der Waals surface area contributed by atoms with E-state index in [-0.39, 0.29) is 11.9 Å². The highest BCUT2D eigenvalue weighted by atomic mass is 32.2. The maximum atomic E-state index is 11.1. The molecule has 1 atom stereocenters. The number of thioether (sulfide) groups is 1. The zero-order chi connectivity index (χ0) is 10.6. The summed E-state index contributed by atoms with van der Waals surface area (Å²) in [7, 11) is 3.14. The van der Waals surface area contributed by atoms with Gasteiger partial charge in [0, 0.05) is 12.8 Å². The van der Waals surface area contributed by atoms with Crippen LogP contribution in [-0.4, -0.2) is 39.0 Å². The molecule has 0 N–H and O–H groups in total. The topological polar surface area (TPSA) is 69.9 Å². The molecule has 0 saturated heterocycles. The molecule has 1 heterocycles. The van der Waals surface area contributed by atoms with Crippen molar-refractivity contribution in [3.05, 3.63) is 0 Å². The number of tetrazole rings is 1. The molecule has 1 unspecified atom stereocenters. The number of methoxy groups -OCH3 is 1. The average molecular weight is 216 g/mol. The first-order valence-corrected chi connectivity index (χ1v) is 5.06. The summed E-state index contributed by atoms with van der Waals surface area (Å²) < 4.78 is 6.17. The summed E-state index contributed by atoms with van der Waals surface area (Å²) in [5, 5.41) is 11.6. The molecule has 0 saturated carbocycles. The number of hydrogen-bond donors (Lipinski definition) is 0. The van der Waals surface area contributed by atoms with Gasteiger partial charge in [-0.15, -0.1) is 5.10 Å². The first-order chi connectivity index (χ1) is 6.65. The molecule has 0 aliphatic rings. The molecular weight excluding hydrogens is 204 g/mol. The van der Waals surface area contributed by atoms with E-state index in [4.69, 9.17) is 0 Å². The second kappa shape index (κ2) is 4.94. The predicted octanol–water partition coefficient (Wildman–Crippen LogP) is 0.111. The van der Waals surface area contributed by atoms with E-state index in [0.29, 0.717) is 10.9 Å². The molecule has 0 amide bonds. The molecule has 1 rings (SSSR count). The molecule has 6 nitrogen and oxygen atoms in total. The second-order valence-electron chi connectivity index (χ2n) is 2.82. The number of carbonyl (C=O) groups is 1. The molecule has 0 bridgehead atoms. The van der Waals surface area contributed by atoms with Gasteiger partial charge in [-0.3, -0.25) is 4.79 Å². The van der Waals surface area contributed by atoms with Crippen LogP contribution in [0.3, 0.4) is 0 Å². The lowest BCUT2D eigenvalue weighted by molar-refractivity contribution is -0.143. The smallest absolute Gasteiger partial charge is 0.309 e. The Kier molecular flexibility index (Phi) is 3.87. The van der Waals surface area contributed by atoms with E-state index < -0.39 is 0 Å². The molecule has 14 heavy (non-hydrogen) atoms. The van der Waals surface area contributed by atoms with Gasteiger partial charge in [-0.2, -0.15) is 0 Å². The summed E-state index contributed by atoms with van der Waals surface area (Å²) in [5.74, 6) is 0.246. The van der Waals surface area contributed by atoms with Crippen LogP contribution in [-0.2, 0) is 16.6 Å². The summed E-state index contributed by atoms with van der Waals surface area (Å²) in [4.78, 5) is 11.1. The highest BCUT2D eigenvalue weighted by Crippen LogP contribution is 2.16. The van der Waals surface area contributed by atoms with Gasteiger partial charge in [-0.1, -0.05) is 18.7 Å². The van der Waals surface area contributed by atoms with Crippen LogP contribution >= 0.6 is 11.8 Å². The fourth-order valence-electron chi connectivity index (χ4n) is 0.812. The van der Waals surface area contributed by atoms with E-state index >= 15 is 0 Å². The number of rotatable bonds is 4. The van der Waals surface area contributed by atoms with Crippen LogP contribution in [0.1, 0.15) is 6.92 Å². The van der Waals surface area contributed by atoms with Crippen molar-refractivity contribution in [2.24, 2.45) is 13.0 Å². The number of aryl methyl sites for hydroxylation is 1. The van der Waals surface area contributed by atoms with Gasteiger partial charge in [0.25, 0.3) is 0 Å². The van der Waals surface area contributed by atoms with Crippen LogP contribution in [0.4, 0.5) is 0 Å². The van der Waals surface area contributed by atoms with Crippen molar-refractivity contribution < 1.29 is 9.53 Å². The van der Waals surface area contributed by atoms with E-state index in [0.717, 1.165) is 0 Å². The lowest BCUT2D eigenvalue weighted by atomic mass is 10.2. The maximum absolute atomic E-state index is 11.1. The van der Waals surface area contributed by atoms with Gasteiger partial charge in [0.2, 0.25) is 5.16 Å². The first-order valence-electron chi connectivity index (χ1n) is 4.08. The van der Waals surface area contributed by atoms with Crippen molar-refractivity contribution in [3.8, 4) is 0 Å². The Balaban J connectivity index is 2.41. The average Bonchev–Trinajstić information content (AvgIpc) is 2.59. The molecule has 7 heteroatoms.